The van der Waals surface area contributed by atoms with Crippen molar-refractivity contribution < 1.29 is 4.74 Å². The first-order chi connectivity index (χ1) is 7.72. The lowest BCUT2D eigenvalue weighted by Gasteiger charge is -2.34. The Morgan fingerprint density at radius 1 is 1.50 bits per heavy atom. The number of rotatable bonds is 2. The smallest absolute Gasteiger partial charge is 0.119 e. The van der Waals surface area contributed by atoms with Crippen molar-refractivity contribution in [1.29, 1.82) is 0 Å². The number of methoxy groups -OCH3 is 1. The van der Waals surface area contributed by atoms with Crippen LogP contribution in [0, 0.1) is 0 Å². The van der Waals surface area contributed by atoms with Crippen LogP contribution in [0.4, 0.5) is 0 Å². The van der Waals surface area contributed by atoms with Crippen LogP contribution in [0.1, 0.15) is 11.6 Å². The van der Waals surface area contributed by atoms with E-state index in [1.807, 2.05) is 6.07 Å². The van der Waals surface area contributed by atoms with Gasteiger partial charge >= 0.3 is 0 Å². The van der Waals surface area contributed by atoms with E-state index in [0.717, 1.165) is 29.9 Å². The lowest BCUT2D eigenvalue weighted by molar-refractivity contribution is 0.201. The molecule has 1 aromatic carbocycles. The molecule has 1 aliphatic rings. The third kappa shape index (κ3) is 2.39. The first-order valence-corrected chi connectivity index (χ1v) is 6.26. The Kier molecular flexibility index (Phi) is 3.84. The molecule has 1 aliphatic heterocycles. The second-order valence-electron chi connectivity index (χ2n) is 4.09. The molecule has 0 saturated carbocycles. The number of hydrogen-bond donors (Lipinski definition) is 1. The van der Waals surface area contributed by atoms with E-state index in [1.54, 1.807) is 7.11 Å². The van der Waals surface area contributed by atoms with E-state index in [9.17, 15) is 0 Å². The molecule has 4 heteroatoms. The van der Waals surface area contributed by atoms with E-state index in [0.29, 0.717) is 6.04 Å². The Morgan fingerprint density at radius 2 is 2.31 bits per heavy atom. The Labute approximate surface area is 105 Å². The van der Waals surface area contributed by atoms with Gasteiger partial charge in [0.1, 0.15) is 5.75 Å². The molecule has 0 amide bonds. The van der Waals surface area contributed by atoms with E-state index in [1.165, 1.54) is 5.56 Å². The fraction of sp³-hybridized carbons (Fsp3) is 0.500. The maximum atomic E-state index is 5.28. The maximum absolute atomic E-state index is 5.28. The first kappa shape index (κ1) is 11.9. The van der Waals surface area contributed by atoms with Gasteiger partial charge in [0.25, 0.3) is 0 Å². The summed E-state index contributed by atoms with van der Waals surface area (Å²) in [4.78, 5) is 2.37. The van der Waals surface area contributed by atoms with Gasteiger partial charge < -0.3 is 10.1 Å². The van der Waals surface area contributed by atoms with Gasteiger partial charge in [0, 0.05) is 30.1 Å². The van der Waals surface area contributed by atoms with Crippen molar-refractivity contribution in [2.45, 2.75) is 6.04 Å². The zero-order chi connectivity index (χ0) is 11.5. The predicted molar refractivity (Wildman–Crippen MR) is 68.9 cm³/mol. The Hall–Kier alpha value is -0.580. The number of hydrogen-bond acceptors (Lipinski definition) is 3. The summed E-state index contributed by atoms with van der Waals surface area (Å²) in [7, 11) is 3.87. The molecule has 88 valence electrons. The van der Waals surface area contributed by atoms with Gasteiger partial charge in [0.2, 0.25) is 0 Å². The third-order valence-corrected chi connectivity index (χ3v) is 3.80. The average molecular weight is 285 g/mol. The van der Waals surface area contributed by atoms with Gasteiger partial charge in [-0.25, -0.2) is 0 Å². The highest BCUT2D eigenvalue weighted by Crippen LogP contribution is 2.31. The van der Waals surface area contributed by atoms with Gasteiger partial charge in [0.15, 0.2) is 0 Å². The van der Waals surface area contributed by atoms with Crippen LogP contribution < -0.4 is 10.1 Å². The van der Waals surface area contributed by atoms with Crippen molar-refractivity contribution >= 4 is 15.9 Å². The van der Waals surface area contributed by atoms with Gasteiger partial charge in [-0.05, 0) is 30.8 Å². The SMILES string of the molecule is COc1ccc(Br)c(C2CNCCN2C)c1. The maximum Gasteiger partial charge on any atom is 0.119 e. The topological polar surface area (TPSA) is 24.5 Å². The minimum Gasteiger partial charge on any atom is -0.497 e. The number of nitrogens with zero attached hydrogens (tertiary/aromatic N) is 1. The molecule has 1 atom stereocenters. The lowest BCUT2D eigenvalue weighted by atomic mass is 10.0. The summed E-state index contributed by atoms with van der Waals surface area (Å²) < 4.78 is 6.42. The van der Waals surface area contributed by atoms with E-state index in [-0.39, 0.29) is 0 Å². The number of ether oxygens (including phenoxy) is 1. The number of halogens is 1. The zero-order valence-corrected chi connectivity index (χ0v) is 11.3. The Bertz CT molecular complexity index is 370. The molecule has 1 N–H and O–H groups in total. The molecule has 0 radical (unpaired) electrons. The van der Waals surface area contributed by atoms with Gasteiger partial charge in [-0.2, -0.15) is 0 Å². The monoisotopic (exact) mass is 284 g/mol. The highest BCUT2D eigenvalue weighted by molar-refractivity contribution is 9.10. The fourth-order valence-corrected chi connectivity index (χ4v) is 2.57. The van der Waals surface area contributed by atoms with Crippen LogP contribution in [0.25, 0.3) is 0 Å². The van der Waals surface area contributed by atoms with Crippen LogP contribution in [-0.4, -0.2) is 38.7 Å². The minimum atomic E-state index is 0.415. The highest BCUT2D eigenvalue weighted by atomic mass is 79.9. The molecule has 3 nitrogen and oxygen atoms in total. The summed E-state index contributed by atoms with van der Waals surface area (Å²) >= 11 is 3.61. The van der Waals surface area contributed by atoms with Crippen molar-refractivity contribution in [2.75, 3.05) is 33.8 Å². The Balaban J connectivity index is 2.30. The minimum absolute atomic E-state index is 0.415. The van der Waals surface area contributed by atoms with Crippen LogP contribution in [0.2, 0.25) is 0 Å². The van der Waals surface area contributed by atoms with E-state index >= 15 is 0 Å². The van der Waals surface area contributed by atoms with Crippen LogP contribution >= 0.6 is 15.9 Å². The summed E-state index contributed by atoms with van der Waals surface area (Å²) in [5.74, 6) is 0.914. The zero-order valence-electron chi connectivity index (χ0n) is 9.66. The average Bonchev–Trinajstić information content (AvgIpc) is 2.31. The fourth-order valence-electron chi connectivity index (χ4n) is 2.06. The largest absolute Gasteiger partial charge is 0.497 e. The van der Waals surface area contributed by atoms with Crippen molar-refractivity contribution in [3.8, 4) is 5.75 Å². The molecule has 1 fully saturated rings. The number of likely N-dealkylation sites (N-methyl/N-ethyl adjacent to an activating group) is 1. The summed E-state index contributed by atoms with van der Waals surface area (Å²) in [6.45, 7) is 3.13. The molecule has 0 aromatic heterocycles. The molecular formula is C12H17BrN2O. The number of nitrogens with one attached hydrogen (secondary N) is 1. The van der Waals surface area contributed by atoms with Crippen LogP contribution in [0.5, 0.6) is 5.75 Å². The van der Waals surface area contributed by atoms with Crippen molar-refractivity contribution in [3.63, 3.8) is 0 Å². The van der Waals surface area contributed by atoms with Gasteiger partial charge in [-0.1, -0.05) is 15.9 Å². The standard InChI is InChI=1S/C12H17BrN2O/c1-15-6-5-14-8-12(15)10-7-9(16-2)3-4-11(10)13/h3-4,7,12,14H,5-6,8H2,1-2H3. The summed E-state index contributed by atoms with van der Waals surface area (Å²) in [5.41, 5.74) is 1.29. The molecule has 1 saturated heterocycles. The molecule has 1 unspecified atom stereocenters. The molecule has 1 aromatic rings. The second kappa shape index (κ2) is 5.17. The lowest BCUT2D eigenvalue weighted by Crippen LogP contribution is -2.43. The van der Waals surface area contributed by atoms with Gasteiger partial charge in [-0.3, -0.25) is 4.90 Å². The van der Waals surface area contributed by atoms with Crippen molar-refractivity contribution in [3.05, 3.63) is 28.2 Å². The number of piperazine rings is 1. The summed E-state index contributed by atoms with van der Waals surface area (Å²) in [6.07, 6.45) is 0. The molecular weight excluding hydrogens is 268 g/mol. The van der Waals surface area contributed by atoms with E-state index in [4.69, 9.17) is 4.74 Å². The molecule has 0 spiro atoms. The quantitative estimate of drug-likeness (QED) is 0.900. The highest BCUT2D eigenvalue weighted by Gasteiger charge is 2.22. The van der Waals surface area contributed by atoms with E-state index < -0.39 is 0 Å². The molecule has 0 aliphatic carbocycles. The van der Waals surface area contributed by atoms with Crippen LogP contribution in [-0.2, 0) is 0 Å². The molecule has 0 bridgehead atoms. The van der Waals surface area contributed by atoms with Gasteiger partial charge in [-0.15, -0.1) is 0 Å². The Morgan fingerprint density at radius 3 is 3.00 bits per heavy atom. The van der Waals surface area contributed by atoms with E-state index in [2.05, 4.69) is 45.3 Å². The molecule has 16 heavy (non-hydrogen) atoms. The van der Waals surface area contributed by atoms with Crippen molar-refractivity contribution in [2.24, 2.45) is 0 Å². The molecule has 2 rings (SSSR count). The van der Waals surface area contributed by atoms with Crippen LogP contribution in [0.15, 0.2) is 22.7 Å². The normalized spacial score (nSPS) is 22.1. The predicted octanol–water partition coefficient (Wildman–Crippen LogP) is 2.03. The summed E-state index contributed by atoms with van der Waals surface area (Å²) in [6, 6.07) is 6.55. The number of benzene rings is 1. The second-order valence-corrected chi connectivity index (χ2v) is 4.94. The van der Waals surface area contributed by atoms with Gasteiger partial charge in [0.05, 0.1) is 7.11 Å². The third-order valence-electron chi connectivity index (χ3n) is 3.07. The van der Waals surface area contributed by atoms with Crippen LogP contribution in [0.3, 0.4) is 0 Å². The first-order valence-electron chi connectivity index (χ1n) is 5.47. The van der Waals surface area contributed by atoms with Crippen molar-refractivity contribution in [1.82, 2.24) is 10.2 Å². The molecule has 1 heterocycles. The summed E-state index contributed by atoms with van der Waals surface area (Å²) in [5, 5.41) is 3.43.